The zero-order valence-electron chi connectivity index (χ0n) is 14.0. The van der Waals surface area contributed by atoms with Crippen molar-refractivity contribution in [2.24, 2.45) is 5.92 Å². The Morgan fingerprint density at radius 3 is 2.46 bits per heavy atom. The van der Waals surface area contributed by atoms with Crippen molar-refractivity contribution >= 4 is 17.9 Å². The van der Waals surface area contributed by atoms with Gasteiger partial charge in [0, 0.05) is 26.7 Å². The molecule has 0 N–H and O–H groups in total. The van der Waals surface area contributed by atoms with Gasteiger partial charge < -0.3 is 23.7 Å². The zero-order valence-corrected chi connectivity index (χ0v) is 14.0. The van der Waals surface area contributed by atoms with Crippen LogP contribution in [0, 0.1) is 5.92 Å². The van der Waals surface area contributed by atoms with Gasteiger partial charge >= 0.3 is 17.9 Å². The van der Waals surface area contributed by atoms with Crippen LogP contribution in [-0.2, 0) is 38.1 Å². The Bertz CT molecular complexity index is 526. The number of fused-ring (bicyclic) bond motifs is 1. The molecule has 8 heteroatoms. The quantitative estimate of drug-likeness (QED) is 0.410. The summed E-state index contributed by atoms with van der Waals surface area (Å²) in [6.45, 7) is 4.46. The number of hydrogen-bond donors (Lipinski definition) is 0. The van der Waals surface area contributed by atoms with Crippen LogP contribution in [0.25, 0.3) is 0 Å². The van der Waals surface area contributed by atoms with Crippen LogP contribution in [0.2, 0.25) is 0 Å². The standard InChI is InChI=1S/C16H22O8/c1-9(17)20-5-4-12-7-22-16-13(12)6-14(23-11(3)19)15(24-16)8-21-10(2)18/h4,13-16H,5-8H2,1-3H3/b12-4-/t13-,14-,15+,16-/m0/s1. The molecule has 0 spiro atoms. The molecule has 0 radical (unpaired) electrons. The summed E-state index contributed by atoms with van der Waals surface area (Å²) in [4.78, 5) is 33.2. The van der Waals surface area contributed by atoms with Gasteiger partial charge in [-0.05, 0) is 18.1 Å². The summed E-state index contributed by atoms with van der Waals surface area (Å²) < 4.78 is 26.6. The highest BCUT2D eigenvalue weighted by atomic mass is 16.7. The monoisotopic (exact) mass is 342 g/mol. The maximum absolute atomic E-state index is 11.3. The molecule has 4 atom stereocenters. The number of rotatable bonds is 5. The molecule has 2 aliphatic heterocycles. The van der Waals surface area contributed by atoms with Crippen LogP contribution in [0.15, 0.2) is 11.6 Å². The van der Waals surface area contributed by atoms with E-state index in [1.54, 1.807) is 6.08 Å². The Labute approximate surface area is 140 Å². The number of carbonyl (C=O) groups is 3. The Hall–Kier alpha value is -1.93. The summed E-state index contributed by atoms with van der Waals surface area (Å²) in [6.07, 6.45) is 0.657. The van der Waals surface area contributed by atoms with Crippen LogP contribution < -0.4 is 0 Å². The lowest BCUT2D eigenvalue weighted by molar-refractivity contribution is -0.234. The average molecular weight is 342 g/mol. The van der Waals surface area contributed by atoms with Gasteiger partial charge in [0.2, 0.25) is 0 Å². The van der Waals surface area contributed by atoms with Gasteiger partial charge in [0.1, 0.15) is 25.4 Å². The van der Waals surface area contributed by atoms with Crippen LogP contribution in [-0.4, -0.2) is 56.2 Å². The molecule has 2 aliphatic rings. The summed E-state index contributed by atoms with van der Waals surface area (Å²) in [5.74, 6) is -1.32. The molecule has 2 saturated heterocycles. The molecule has 0 aromatic rings. The Balaban J connectivity index is 2.03. The third-order valence-corrected chi connectivity index (χ3v) is 3.83. The van der Waals surface area contributed by atoms with E-state index in [0.717, 1.165) is 5.57 Å². The molecule has 2 heterocycles. The van der Waals surface area contributed by atoms with E-state index in [0.29, 0.717) is 13.0 Å². The van der Waals surface area contributed by atoms with Gasteiger partial charge in [-0.15, -0.1) is 0 Å². The van der Waals surface area contributed by atoms with Crippen LogP contribution in [0.3, 0.4) is 0 Å². The molecular formula is C16H22O8. The van der Waals surface area contributed by atoms with Gasteiger partial charge in [0.25, 0.3) is 0 Å². The predicted octanol–water partition coefficient (Wildman–Crippen LogP) is 0.732. The lowest BCUT2D eigenvalue weighted by Gasteiger charge is -2.37. The maximum Gasteiger partial charge on any atom is 0.302 e. The van der Waals surface area contributed by atoms with Gasteiger partial charge in [-0.3, -0.25) is 14.4 Å². The minimum Gasteiger partial charge on any atom is -0.463 e. The van der Waals surface area contributed by atoms with Crippen molar-refractivity contribution in [3.8, 4) is 0 Å². The van der Waals surface area contributed by atoms with Crippen molar-refractivity contribution in [2.45, 2.75) is 45.7 Å². The molecule has 2 rings (SSSR count). The highest BCUT2D eigenvalue weighted by molar-refractivity contribution is 5.67. The first kappa shape index (κ1) is 18.4. The van der Waals surface area contributed by atoms with E-state index in [-0.39, 0.29) is 25.1 Å². The lowest BCUT2D eigenvalue weighted by Crippen LogP contribution is -2.47. The van der Waals surface area contributed by atoms with Crippen molar-refractivity contribution in [2.75, 3.05) is 19.8 Å². The summed E-state index contributed by atoms with van der Waals surface area (Å²) in [6, 6.07) is 0. The molecule has 134 valence electrons. The molecule has 8 nitrogen and oxygen atoms in total. The van der Waals surface area contributed by atoms with Crippen LogP contribution >= 0.6 is 0 Å². The van der Waals surface area contributed by atoms with Crippen LogP contribution in [0.1, 0.15) is 27.2 Å². The molecule has 0 saturated carbocycles. The zero-order chi connectivity index (χ0) is 17.7. The molecule has 0 unspecified atom stereocenters. The Morgan fingerprint density at radius 2 is 1.83 bits per heavy atom. The summed E-state index contributed by atoms with van der Waals surface area (Å²) in [7, 11) is 0. The number of carbonyl (C=O) groups excluding carboxylic acids is 3. The van der Waals surface area contributed by atoms with E-state index in [1.165, 1.54) is 20.8 Å². The largest absolute Gasteiger partial charge is 0.463 e. The van der Waals surface area contributed by atoms with Gasteiger partial charge in [-0.2, -0.15) is 0 Å². The molecule has 0 aromatic carbocycles. The van der Waals surface area contributed by atoms with Crippen molar-refractivity contribution in [1.82, 2.24) is 0 Å². The number of ether oxygens (including phenoxy) is 5. The highest BCUT2D eigenvalue weighted by Gasteiger charge is 2.45. The van der Waals surface area contributed by atoms with Crippen LogP contribution in [0.4, 0.5) is 0 Å². The SMILES string of the molecule is CC(=O)OC/C=C1/CO[C@H]2O[C@H](COC(C)=O)[C@@H](OC(C)=O)C[C@@H]12. The minimum absolute atomic E-state index is 0.00758. The summed E-state index contributed by atoms with van der Waals surface area (Å²) in [5.41, 5.74) is 0.935. The maximum atomic E-state index is 11.3. The second kappa shape index (κ2) is 8.25. The first-order valence-electron chi connectivity index (χ1n) is 7.76. The van der Waals surface area contributed by atoms with Crippen molar-refractivity contribution in [3.63, 3.8) is 0 Å². The van der Waals surface area contributed by atoms with Crippen molar-refractivity contribution in [3.05, 3.63) is 11.6 Å². The van der Waals surface area contributed by atoms with E-state index in [9.17, 15) is 14.4 Å². The molecule has 2 fully saturated rings. The third-order valence-electron chi connectivity index (χ3n) is 3.83. The minimum atomic E-state index is -0.577. The Kier molecular flexibility index (Phi) is 6.33. The molecule has 0 aliphatic carbocycles. The summed E-state index contributed by atoms with van der Waals surface area (Å²) >= 11 is 0. The fourth-order valence-corrected chi connectivity index (χ4v) is 2.79. The topological polar surface area (TPSA) is 97.4 Å². The molecule has 0 bridgehead atoms. The normalized spacial score (nSPS) is 30.5. The van der Waals surface area contributed by atoms with Crippen molar-refractivity contribution < 1.29 is 38.1 Å². The van der Waals surface area contributed by atoms with E-state index in [4.69, 9.17) is 23.7 Å². The molecule has 24 heavy (non-hydrogen) atoms. The first-order chi connectivity index (χ1) is 11.4. The molecule has 0 amide bonds. The fraction of sp³-hybridized carbons (Fsp3) is 0.688. The van der Waals surface area contributed by atoms with E-state index in [2.05, 4.69) is 0 Å². The lowest BCUT2D eigenvalue weighted by atomic mass is 9.89. The highest BCUT2D eigenvalue weighted by Crippen LogP contribution is 2.38. The van der Waals surface area contributed by atoms with Gasteiger partial charge in [-0.1, -0.05) is 0 Å². The van der Waals surface area contributed by atoms with Gasteiger partial charge in [0.05, 0.1) is 6.61 Å². The van der Waals surface area contributed by atoms with Gasteiger partial charge in [-0.25, -0.2) is 0 Å². The predicted molar refractivity (Wildman–Crippen MR) is 79.6 cm³/mol. The van der Waals surface area contributed by atoms with E-state index >= 15 is 0 Å². The Morgan fingerprint density at radius 1 is 1.12 bits per heavy atom. The number of esters is 3. The number of hydrogen-bond acceptors (Lipinski definition) is 8. The molecular weight excluding hydrogens is 320 g/mol. The molecule has 0 aromatic heterocycles. The van der Waals surface area contributed by atoms with Crippen molar-refractivity contribution in [1.29, 1.82) is 0 Å². The first-order valence-corrected chi connectivity index (χ1v) is 7.76. The summed E-state index contributed by atoms with van der Waals surface area (Å²) in [5, 5.41) is 0. The van der Waals surface area contributed by atoms with Gasteiger partial charge in [0.15, 0.2) is 6.29 Å². The van der Waals surface area contributed by atoms with Crippen LogP contribution in [0.5, 0.6) is 0 Å². The smallest absolute Gasteiger partial charge is 0.302 e. The second-order valence-electron chi connectivity index (χ2n) is 5.73. The fourth-order valence-electron chi connectivity index (χ4n) is 2.79. The second-order valence-corrected chi connectivity index (χ2v) is 5.73. The van der Waals surface area contributed by atoms with E-state index < -0.39 is 30.4 Å². The van der Waals surface area contributed by atoms with E-state index in [1.807, 2.05) is 0 Å². The average Bonchev–Trinajstić information content (AvgIpc) is 2.86. The third kappa shape index (κ3) is 5.04.